The van der Waals surface area contributed by atoms with Crippen LogP contribution >= 0.6 is 15.9 Å². The third kappa shape index (κ3) is 4.43. The van der Waals surface area contributed by atoms with Crippen LogP contribution in [0.5, 0.6) is 0 Å². The summed E-state index contributed by atoms with van der Waals surface area (Å²) in [4.78, 5) is 12.1. The van der Waals surface area contributed by atoms with E-state index in [4.69, 9.17) is 0 Å². The lowest BCUT2D eigenvalue weighted by molar-refractivity contribution is 0.0955. The number of rotatable bonds is 4. The highest BCUT2D eigenvalue weighted by atomic mass is 79.9. The molecule has 0 aliphatic heterocycles. The second-order valence-electron chi connectivity index (χ2n) is 5.65. The minimum absolute atomic E-state index is 0.238. The topological polar surface area (TPSA) is 41.5 Å². The van der Waals surface area contributed by atoms with Crippen molar-refractivity contribution >= 4 is 28.1 Å². The Kier molecular flexibility index (Phi) is 5.41. The van der Waals surface area contributed by atoms with Gasteiger partial charge in [0.1, 0.15) is 0 Å². The third-order valence-electron chi connectivity index (χ3n) is 3.83. The van der Waals surface area contributed by atoms with Crippen LogP contribution in [0.1, 0.15) is 21.5 Å². The second kappa shape index (κ2) is 7.90. The molecule has 0 fully saturated rings. The Balaban J connectivity index is 1.64. The summed E-state index contributed by atoms with van der Waals surface area (Å²) in [5.74, 6) is -0.238. The van der Waals surface area contributed by atoms with E-state index in [1.807, 2.05) is 55.5 Å². The van der Waals surface area contributed by atoms with Crippen molar-refractivity contribution in [3.05, 3.63) is 94.0 Å². The maximum Gasteiger partial charge on any atom is 0.271 e. The summed E-state index contributed by atoms with van der Waals surface area (Å²) in [6, 6.07) is 23.7. The maximum absolute atomic E-state index is 12.1. The third-order valence-corrected chi connectivity index (χ3v) is 4.69. The van der Waals surface area contributed by atoms with Crippen molar-refractivity contribution in [2.24, 2.45) is 5.10 Å². The predicted octanol–water partition coefficient (Wildman–Crippen LogP) is 5.19. The van der Waals surface area contributed by atoms with E-state index in [0.717, 1.165) is 21.2 Å². The molecule has 4 heteroatoms. The number of hydrogen-bond donors (Lipinski definition) is 1. The molecule has 0 aromatic heterocycles. The van der Waals surface area contributed by atoms with Crippen LogP contribution < -0.4 is 5.43 Å². The molecule has 0 saturated carbocycles. The molecule has 0 aliphatic rings. The molecule has 3 nitrogen and oxygen atoms in total. The zero-order valence-electron chi connectivity index (χ0n) is 13.7. The molecule has 0 saturated heterocycles. The average Bonchev–Trinajstić information content (AvgIpc) is 2.65. The van der Waals surface area contributed by atoms with Gasteiger partial charge in [0.05, 0.1) is 6.21 Å². The lowest BCUT2D eigenvalue weighted by atomic mass is 10.0. The molecule has 0 bridgehead atoms. The van der Waals surface area contributed by atoms with Crippen LogP contribution in [0.15, 0.2) is 82.4 Å². The molecular weight excluding hydrogens is 376 g/mol. The first-order valence-corrected chi connectivity index (χ1v) is 8.68. The molecule has 124 valence electrons. The molecule has 0 heterocycles. The van der Waals surface area contributed by atoms with Gasteiger partial charge in [0.25, 0.3) is 5.91 Å². The Morgan fingerprint density at radius 2 is 1.64 bits per heavy atom. The second-order valence-corrected chi connectivity index (χ2v) is 6.51. The van der Waals surface area contributed by atoms with E-state index >= 15 is 0 Å². The first-order chi connectivity index (χ1) is 12.1. The van der Waals surface area contributed by atoms with Gasteiger partial charge in [0.15, 0.2) is 0 Å². The van der Waals surface area contributed by atoms with Crippen molar-refractivity contribution in [2.45, 2.75) is 6.92 Å². The van der Waals surface area contributed by atoms with Gasteiger partial charge in [-0.25, -0.2) is 5.43 Å². The van der Waals surface area contributed by atoms with Gasteiger partial charge in [-0.3, -0.25) is 4.79 Å². The van der Waals surface area contributed by atoms with Crippen molar-refractivity contribution in [2.75, 3.05) is 0 Å². The molecular formula is C21H17BrN2O. The van der Waals surface area contributed by atoms with Gasteiger partial charge < -0.3 is 0 Å². The Hall–Kier alpha value is -2.72. The summed E-state index contributed by atoms with van der Waals surface area (Å²) in [6.07, 6.45) is 1.63. The summed E-state index contributed by atoms with van der Waals surface area (Å²) >= 11 is 3.43. The molecule has 3 aromatic rings. The first-order valence-electron chi connectivity index (χ1n) is 7.88. The Morgan fingerprint density at radius 1 is 0.960 bits per heavy atom. The molecule has 3 aromatic carbocycles. The normalized spacial score (nSPS) is 10.8. The number of benzene rings is 3. The average molecular weight is 393 g/mol. The Labute approximate surface area is 155 Å². The van der Waals surface area contributed by atoms with Crippen molar-refractivity contribution in [3.8, 4) is 11.1 Å². The number of amides is 1. The van der Waals surface area contributed by atoms with Crippen molar-refractivity contribution in [3.63, 3.8) is 0 Å². The summed E-state index contributed by atoms with van der Waals surface area (Å²) in [5.41, 5.74) is 7.43. The number of hydrogen-bond acceptors (Lipinski definition) is 2. The highest BCUT2D eigenvalue weighted by Gasteiger charge is 2.05. The highest BCUT2D eigenvalue weighted by Crippen LogP contribution is 2.19. The van der Waals surface area contributed by atoms with Crippen LogP contribution in [0, 0.1) is 6.92 Å². The van der Waals surface area contributed by atoms with Crippen LogP contribution in [0.4, 0.5) is 0 Å². The smallest absolute Gasteiger partial charge is 0.267 e. The zero-order valence-corrected chi connectivity index (χ0v) is 15.3. The highest BCUT2D eigenvalue weighted by molar-refractivity contribution is 9.10. The fraction of sp³-hybridized carbons (Fsp3) is 0.0476. The fourth-order valence-electron chi connectivity index (χ4n) is 2.36. The van der Waals surface area contributed by atoms with Gasteiger partial charge in [-0.05, 0) is 41.3 Å². The summed E-state index contributed by atoms with van der Waals surface area (Å²) in [7, 11) is 0. The molecule has 1 amide bonds. The fourth-order valence-corrected chi connectivity index (χ4v) is 2.74. The predicted molar refractivity (Wildman–Crippen MR) is 106 cm³/mol. The van der Waals surface area contributed by atoms with Crippen LogP contribution in [0.3, 0.4) is 0 Å². The molecule has 0 radical (unpaired) electrons. The minimum atomic E-state index is -0.238. The minimum Gasteiger partial charge on any atom is -0.267 e. The zero-order chi connectivity index (χ0) is 17.6. The Bertz CT molecular complexity index is 903. The van der Waals surface area contributed by atoms with E-state index < -0.39 is 0 Å². The quantitative estimate of drug-likeness (QED) is 0.481. The van der Waals surface area contributed by atoms with Crippen LogP contribution in [-0.2, 0) is 0 Å². The SMILES string of the molecule is Cc1ccc(C(=O)N/N=C/c2ccc(-c3ccccc3)cc2)cc1Br. The lowest BCUT2D eigenvalue weighted by Gasteiger charge is -2.03. The number of carbonyl (C=O) groups excluding carboxylic acids is 1. The van der Waals surface area contributed by atoms with Crippen molar-refractivity contribution < 1.29 is 4.79 Å². The molecule has 0 atom stereocenters. The molecule has 25 heavy (non-hydrogen) atoms. The van der Waals surface area contributed by atoms with E-state index in [2.05, 4.69) is 38.6 Å². The van der Waals surface area contributed by atoms with Crippen LogP contribution in [-0.4, -0.2) is 12.1 Å². The van der Waals surface area contributed by atoms with Gasteiger partial charge in [-0.1, -0.05) is 76.6 Å². The van der Waals surface area contributed by atoms with Crippen LogP contribution in [0.2, 0.25) is 0 Å². The van der Waals surface area contributed by atoms with Crippen molar-refractivity contribution in [1.29, 1.82) is 0 Å². The number of aryl methyl sites for hydroxylation is 1. The lowest BCUT2D eigenvalue weighted by Crippen LogP contribution is -2.17. The standard InChI is InChI=1S/C21H17BrN2O/c1-15-7-10-19(13-20(15)22)21(25)24-23-14-16-8-11-18(12-9-16)17-5-3-2-4-6-17/h2-14H,1H3,(H,24,25)/b23-14+. The maximum atomic E-state index is 12.1. The van der Waals surface area contributed by atoms with Crippen molar-refractivity contribution in [1.82, 2.24) is 5.43 Å². The van der Waals surface area contributed by atoms with E-state index in [0.29, 0.717) is 5.56 Å². The van der Waals surface area contributed by atoms with E-state index in [9.17, 15) is 4.79 Å². The van der Waals surface area contributed by atoms with Crippen LogP contribution in [0.25, 0.3) is 11.1 Å². The van der Waals surface area contributed by atoms with Gasteiger partial charge >= 0.3 is 0 Å². The number of halogens is 1. The van der Waals surface area contributed by atoms with Gasteiger partial charge in [-0.2, -0.15) is 5.10 Å². The summed E-state index contributed by atoms with van der Waals surface area (Å²) in [5, 5.41) is 4.03. The number of carbonyl (C=O) groups is 1. The molecule has 0 spiro atoms. The van der Waals surface area contributed by atoms with Gasteiger partial charge in [0, 0.05) is 10.0 Å². The van der Waals surface area contributed by atoms with Gasteiger partial charge in [0.2, 0.25) is 0 Å². The summed E-state index contributed by atoms with van der Waals surface area (Å²) in [6.45, 7) is 1.98. The van der Waals surface area contributed by atoms with Gasteiger partial charge in [-0.15, -0.1) is 0 Å². The molecule has 3 rings (SSSR count). The molecule has 1 N–H and O–H groups in total. The number of nitrogens with one attached hydrogen (secondary N) is 1. The number of nitrogens with zero attached hydrogens (tertiary/aromatic N) is 1. The number of hydrazone groups is 1. The summed E-state index contributed by atoms with van der Waals surface area (Å²) < 4.78 is 0.903. The molecule has 0 unspecified atom stereocenters. The first kappa shape index (κ1) is 17.1. The molecule has 0 aliphatic carbocycles. The Morgan fingerprint density at radius 3 is 2.32 bits per heavy atom. The largest absolute Gasteiger partial charge is 0.271 e. The van der Waals surface area contributed by atoms with E-state index in [1.165, 1.54) is 5.56 Å². The van der Waals surface area contributed by atoms with E-state index in [1.54, 1.807) is 18.3 Å². The monoisotopic (exact) mass is 392 g/mol. The van der Waals surface area contributed by atoms with E-state index in [-0.39, 0.29) is 5.91 Å².